The molecule has 5 atom stereocenters. The van der Waals surface area contributed by atoms with Gasteiger partial charge in [0.15, 0.2) is 0 Å². The van der Waals surface area contributed by atoms with E-state index in [0.717, 1.165) is 23.3 Å². The van der Waals surface area contributed by atoms with Gasteiger partial charge in [0, 0.05) is 0 Å². The zero-order valence-electron chi connectivity index (χ0n) is 22.2. The second-order valence-corrected chi connectivity index (χ2v) is 17.1. The molecule has 2 aliphatic carbocycles. The first-order chi connectivity index (χ1) is 17.0. The summed E-state index contributed by atoms with van der Waals surface area (Å²) in [4.78, 5) is 0. The Hall–Kier alpha value is -2.12. The molecule has 2 fully saturated rings. The Morgan fingerprint density at radius 1 is 0.914 bits per heavy atom. The van der Waals surface area contributed by atoms with Crippen LogP contribution in [0.1, 0.15) is 57.6 Å². The number of hydrogen-bond donors (Lipinski definition) is 0. The van der Waals surface area contributed by atoms with E-state index >= 15 is 0 Å². The maximum absolute atomic E-state index is 2.66. The van der Waals surface area contributed by atoms with Crippen molar-refractivity contribution < 1.29 is 0 Å². The number of benzene rings is 3. The molecule has 5 unspecified atom stereocenters. The minimum atomic E-state index is -1.28. The summed E-state index contributed by atoms with van der Waals surface area (Å²) in [5, 5.41) is 5.75. The van der Waals surface area contributed by atoms with Gasteiger partial charge in [0.2, 0.25) is 0 Å². The molecule has 1 aliphatic heterocycles. The van der Waals surface area contributed by atoms with E-state index in [1.807, 2.05) is 0 Å². The van der Waals surface area contributed by atoms with Crippen LogP contribution < -0.4 is 0 Å². The van der Waals surface area contributed by atoms with E-state index in [0.29, 0.717) is 5.92 Å². The van der Waals surface area contributed by atoms with Crippen LogP contribution >= 0.6 is 0 Å². The van der Waals surface area contributed by atoms with Crippen molar-refractivity contribution in [2.24, 2.45) is 23.7 Å². The maximum Gasteiger partial charge on any atom is 0.0578 e. The Morgan fingerprint density at radius 3 is 2.11 bits per heavy atom. The first kappa shape index (κ1) is 23.3. The van der Waals surface area contributed by atoms with Crippen molar-refractivity contribution in [1.29, 1.82) is 0 Å². The van der Waals surface area contributed by atoms with Gasteiger partial charge in [-0.15, -0.1) is 0 Å². The van der Waals surface area contributed by atoms with E-state index < -0.39 is 8.07 Å². The van der Waals surface area contributed by atoms with Gasteiger partial charge in [-0.25, -0.2) is 0 Å². The quantitative estimate of drug-likeness (QED) is 0.253. The first-order valence-corrected chi connectivity index (χ1v) is 17.0. The monoisotopic (exact) mass is 478 g/mol. The number of allylic oxidation sites excluding steroid dienone is 4. The predicted molar refractivity (Wildman–Crippen MR) is 157 cm³/mol. The Labute approximate surface area is 213 Å². The minimum Gasteiger partial charge on any atom is -0.0808 e. The molecule has 1 saturated carbocycles. The van der Waals surface area contributed by atoms with Gasteiger partial charge in [0.1, 0.15) is 0 Å². The second-order valence-electron chi connectivity index (χ2n) is 12.3. The highest BCUT2D eigenvalue weighted by Crippen LogP contribution is 2.62. The molecule has 1 heteroatoms. The molecule has 0 bridgehead atoms. The molecule has 3 aromatic carbocycles. The Kier molecular flexibility index (Phi) is 6.04. The van der Waals surface area contributed by atoms with Crippen LogP contribution in [0.25, 0.3) is 27.1 Å². The van der Waals surface area contributed by atoms with Crippen molar-refractivity contribution in [3.05, 3.63) is 77.9 Å². The van der Waals surface area contributed by atoms with Crippen molar-refractivity contribution in [2.45, 2.75) is 77.1 Å². The summed E-state index contributed by atoms with van der Waals surface area (Å²) in [5.41, 5.74) is 5.54. The van der Waals surface area contributed by atoms with E-state index in [9.17, 15) is 0 Å². The largest absolute Gasteiger partial charge is 0.0808 e. The summed E-state index contributed by atoms with van der Waals surface area (Å²) in [6.07, 6.45) is 13.3. The van der Waals surface area contributed by atoms with Gasteiger partial charge >= 0.3 is 0 Å². The molecule has 0 aromatic heterocycles. The smallest absolute Gasteiger partial charge is 0.0578 e. The third-order valence-electron chi connectivity index (χ3n) is 10.4. The van der Waals surface area contributed by atoms with E-state index in [1.54, 1.807) is 23.7 Å². The zero-order valence-corrected chi connectivity index (χ0v) is 23.2. The SMILES string of the molecule is CCC(C)C[Si]1(C2C(C)CC3C(c4c5ccccc5c(C)c5ccccc45)=CC=CC32)CCCC1. The molecule has 3 aliphatic rings. The molecular formula is C34H42Si. The fourth-order valence-corrected chi connectivity index (χ4v) is 16.5. The molecule has 0 radical (unpaired) electrons. The highest BCUT2D eigenvalue weighted by Gasteiger charge is 2.54. The van der Waals surface area contributed by atoms with Gasteiger partial charge in [-0.1, -0.05) is 125 Å². The highest BCUT2D eigenvalue weighted by atomic mass is 28.3. The zero-order chi connectivity index (χ0) is 24.2. The van der Waals surface area contributed by atoms with Gasteiger partial charge in [-0.3, -0.25) is 0 Å². The van der Waals surface area contributed by atoms with Crippen LogP contribution in [0.3, 0.4) is 0 Å². The second kappa shape index (κ2) is 9.07. The predicted octanol–water partition coefficient (Wildman–Crippen LogP) is 10.2. The van der Waals surface area contributed by atoms with Crippen LogP contribution in [-0.2, 0) is 0 Å². The molecule has 0 N–H and O–H groups in total. The Balaban J connectivity index is 1.49. The molecule has 6 rings (SSSR count). The van der Waals surface area contributed by atoms with Crippen molar-refractivity contribution in [1.82, 2.24) is 0 Å². The average Bonchev–Trinajstić information content (AvgIpc) is 3.48. The number of rotatable bonds is 5. The van der Waals surface area contributed by atoms with E-state index in [4.69, 9.17) is 0 Å². The van der Waals surface area contributed by atoms with Crippen LogP contribution in [-0.4, -0.2) is 8.07 Å². The minimum absolute atomic E-state index is 0.677. The van der Waals surface area contributed by atoms with Gasteiger partial charge < -0.3 is 0 Å². The van der Waals surface area contributed by atoms with Crippen LogP contribution in [0.4, 0.5) is 0 Å². The summed E-state index contributed by atoms with van der Waals surface area (Å²) in [7, 11) is -1.28. The van der Waals surface area contributed by atoms with E-state index in [-0.39, 0.29) is 0 Å². The molecule has 3 aromatic rings. The fraction of sp³-hybridized carbons (Fsp3) is 0.471. The lowest BCUT2D eigenvalue weighted by Crippen LogP contribution is -2.42. The topological polar surface area (TPSA) is 0 Å². The third kappa shape index (κ3) is 3.68. The van der Waals surface area contributed by atoms with Crippen molar-refractivity contribution in [3.63, 3.8) is 0 Å². The molecule has 0 amide bonds. The van der Waals surface area contributed by atoms with Gasteiger partial charge in [-0.2, -0.15) is 0 Å². The average molecular weight is 479 g/mol. The lowest BCUT2D eigenvalue weighted by atomic mass is 9.77. The van der Waals surface area contributed by atoms with Gasteiger partial charge in [0.05, 0.1) is 8.07 Å². The third-order valence-corrected chi connectivity index (χ3v) is 17.0. The molecular weight excluding hydrogens is 436 g/mol. The molecule has 1 saturated heterocycles. The van der Waals surface area contributed by atoms with E-state index in [2.05, 4.69) is 94.5 Å². The van der Waals surface area contributed by atoms with Crippen LogP contribution in [0.2, 0.25) is 23.7 Å². The summed E-state index contributed by atoms with van der Waals surface area (Å²) in [6, 6.07) is 23.1. The fourth-order valence-electron chi connectivity index (χ4n) is 8.86. The van der Waals surface area contributed by atoms with Crippen molar-refractivity contribution in [2.75, 3.05) is 0 Å². The summed E-state index contributed by atoms with van der Waals surface area (Å²) in [5.74, 6) is 3.18. The molecule has 0 nitrogen and oxygen atoms in total. The summed E-state index contributed by atoms with van der Waals surface area (Å²) in [6.45, 7) is 9.89. The normalized spacial score (nSPS) is 28.4. The molecule has 0 spiro atoms. The first-order valence-electron chi connectivity index (χ1n) is 14.3. The number of hydrogen-bond acceptors (Lipinski definition) is 0. The molecule has 1 heterocycles. The standard InChI is InChI=1S/C34H42Si/c1-5-23(2)22-35(19-10-11-20-35)34-24(3)21-32-30(17-12-18-31(32)34)33-28-15-8-6-13-26(28)25(4)27-14-7-9-16-29(27)33/h6-9,12-18,23-24,31-32,34H,5,10-11,19-22H2,1-4H3. The van der Waals surface area contributed by atoms with Crippen LogP contribution in [0.5, 0.6) is 0 Å². The van der Waals surface area contributed by atoms with Crippen molar-refractivity contribution in [3.8, 4) is 0 Å². The maximum atomic E-state index is 2.66. The van der Waals surface area contributed by atoms with Gasteiger partial charge in [0.25, 0.3) is 0 Å². The number of fused-ring (bicyclic) bond motifs is 3. The Morgan fingerprint density at radius 2 is 1.51 bits per heavy atom. The van der Waals surface area contributed by atoms with Crippen LogP contribution in [0, 0.1) is 30.6 Å². The molecule has 182 valence electrons. The highest BCUT2D eigenvalue weighted by molar-refractivity contribution is 6.82. The summed E-state index contributed by atoms with van der Waals surface area (Å²) >= 11 is 0. The lowest BCUT2D eigenvalue weighted by Gasteiger charge is -2.42. The Bertz CT molecular complexity index is 1250. The summed E-state index contributed by atoms with van der Waals surface area (Å²) < 4.78 is 0. The number of aryl methyl sites for hydroxylation is 1. The lowest BCUT2D eigenvalue weighted by molar-refractivity contribution is 0.529. The van der Waals surface area contributed by atoms with E-state index in [1.165, 1.54) is 58.4 Å². The molecule has 35 heavy (non-hydrogen) atoms. The van der Waals surface area contributed by atoms with Crippen LogP contribution in [0.15, 0.2) is 66.8 Å². The van der Waals surface area contributed by atoms with Crippen molar-refractivity contribution >= 4 is 35.2 Å². The van der Waals surface area contributed by atoms with Gasteiger partial charge in [-0.05, 0) is 80.8 Å².